The van der Waals surface area contributed by atoms with Crippen molar-refractivity contribution in [3.8, 4) is 28.3 Å². The molecule has 3 aromatic carbocycles. The zero-order valence-corrected chi connectivity index (χ0v) is 20.9. The summed E-state index contributed by atoms with van der Waals surface area (Å²) in [7, 11) is 0. The third-order valence-electron chi connectivity index (χ3n) is 6.41. The lowest BCUT2D eigenvalue weighted by Gasteiger charge is -2.05. The Bertz CT molecular complexity index is 1550. The normalized spacial score (nSPS) is 11.3. The van der Waals surface area contributed by atoms with E-state index in [-0.39, 0.29) is 12.4 Å². The fourth-order valence-electron chi connectivity index (χ4n) is 4.37. The lowest BCUT2D eigenvalue weighted by Crippen LogP contribution is -2.07. The molecule has 5 aromatic rings. The average molecular weight is 513 g/mol. The number of carbonyl (C=O) groups is 2. The first kappa shape index (κ1) is 25.2. The Kier molecular flexibility index (Phi) is 7.78. The summed E-state index contributed by atoms with van der Waals surface area (Å²) in [6.45, 7) is 0. The average Bonchev–Trinajstić information content (AvgIpc) is 3.56. The van der Waals surface area contributed by atoms with Crippen molar-refractivity contribution in [2.24, 2.45) is 0 Å². The van der Waals surface area contributed by atoms with Crippen LogP contribution >= 0.6 is 0 Å². The predicted octanol–water partition coefficient (Wildman–Crippen LogP) is 7.41. The minimum absolute atomic E-state index is 0.223. The lowest BCUT2D eigenvalue weighted by molar-refractivity contribution is -0.137. The van der Waals surface area contributed by atoms with Crippen LogP contribution in [-0.2, 0) is 9.59 Å². The SMILES string of the molecule is O=C(O)CCCCCCCCC(=O)Oc1ccc(-c2nc3cc(-c4ccc5ocnc5c4)ccc3o2)cc1. The Labute approximate surface area is 219 Å². The van der Waals surface area contributed by atoms with Crippen LogP contribution in [0.2, 0.25) is 0 Å². The molecule has 0 radical (unpaired) electrons. The van der Waals surface area contributed by atoms with Crippen molar-refractivity contribution in [2.45, 2.75) is 51.4 Å². The van der Waals surface area contributed by atoms with E-state index in [2.05, 4.69) is 9.97 Å². The number of fused-ring (bicyclic) bond motifs is 2. The lowest BCUT2D eigenvalue weighted by atomic mass is 10.0. The van der Waals surface area contributed by atoms with E-state index < -0.39 is 5.97 Å². The van der Waals surface area contributed by atoms with Gasteiger partial charge in [0.15, 0.2) is 17.6 Å². The van der Waals surface area contributed by atoms with Gasteiger partial charge >= 0.3 is 11.9 Å². The molecular formula is C30H28N2O6. The van der Waals surface area contributed by atoms with Crippen molar-refractivity contribution in [1.29, 1.82) is 0 Å². The molecule has 194 valence electrons. The van der Waals surface area contributed by atoms with Crippen LogP contribution in [0.25, 0.3) is 44.8 Å². The Morgan fingerprint density at radius 1 is 0.737 bits per heavy atom. The zero-order chi connectivity index (χ0) is 26.3. The molecule has 2 heterocycles. The van der Waals surface area contributed by atoms with Gasteiger partial charge in [-0.15, -0.1) is 0 Å². The Morgan fingerprint density at radius 2 is 1.37 bits per heavy atom. The number of aromatic nitrogens is 2. The first-order valence-corrected chi connectivity index (χ1v) is 12.8. The smallest absolute Gasteiger partial charge is 0.311 e. The van der Waals surface area contributed by atoms with Gasteiger partial charge in [0, 0.05) is 18.4 Å². The summed E-state index contributed by atoms with van der Waals surface area (Å²) in [6.07, 6.45) is 7.29. The molecule has 0 unspecified atom stereocenters. The van der Waals surface area contributed by atoms with Crippen LogP contribution in [0.15, 0.2) is 75.9 Å². The van der Waals surface area contributed by atoms with Gasteiger partial charge in [0.2, 0.25) is 5.89 Å². The van der Waals surface area contributed by atoms with Gasteiger partial charge in [-0.1, -0.05) is 37.8 Å². The van der Waals surface area contributed by atoms with Crippen molar-refractivity contribution in [2.75, 3.05) is 0 Å². The highest BCUT2D eigenvalue weighted by Crippen LogP contribution is 2.30. The van der Waals surface area contributed by atoms with Crippen LogP contribution in [0.3, 0.4) is 0 Å². The van der Waals surface area contributed by atoms with E-state index in [0.717, 1.165) is 65.4 Å². The molecule has 8 nitrogen and oxygen atoms in total. The number of ether oxygens (including phenoxy) is 1. The van der Waals surface area contributed by atoms with Crippen LogP contribution in [0.1, 0.15) is 51.4 Å². The van der Waals surface area contributed by atoms with Gasteiger partial charge < -0.3 is 18.7 Å². The van der Waals surface area contributed by atoms with Crippen molar-refractivity contribution in [1.82, 2.24) is 9.97 Å². The number of benzene rings is 3. The Balaban J connectivity index is 1.14. The highest BCUT2D eigenvalue weighted by Gasteiger charge is 2.12. The molecule has 0 bridgehead atoms. The molecule has 0 atom stereocenters. The van der Waals surface area contributed by atoms with E-state index in [4.69, 9.17) is 18.7 Å². The number of aliphatic carboxylic acids is 1. The monoisotopic (exact) mass is 512 g/mol. The van der Waals surface area contributed by atoms with Gasteiger partial charge in [0.1, 0.15) is 16.8 Å². The standard InChI is InChI=1S/C30H28N2O6/c33-28(34)7-5-3-1-2-4-6-8-29(35)37-23-13-9-20(10-14-23)30-32-25-18-22(12-16-27(25)38-30)21-11-15-26-24(17-21)31-19-36-26/h9-19H,1-8H2,(H,33,34). The van der Waals surface area contributed by atoms with Crippen molar-refractivity contribution in [3.05, 3.63) is 67.1 Å². The van der Waals surface area contributed by atoms with Gasteiger partial charge in [-0.25, -0.2) is 9.97 Å². The number of carboxylic acids is 1. The van der Waals surface area contributed by atoms with Crippen molar-refractivity contribution in [3.63, 3.8) is 0 Å². The number of esters is 1. The molecule has 0 aliphatic carbocycles. The second-order valence-corrected chi connectivity index (χ2v) is 9.25. The summed E-state index contributed by atoms with van der Waals surface area (Å²) >= 11 is 0. The second-order valence-electron chi connectivity index (χ2n) is 9.25. The molecule has 0 fully saturated rings. The fraction of sp³-hybridized carbons (Fsp3) is 0.267. The number of nitrogens with zero attached hydrogens (tertiary/aromatic N) is 2. The number of unbranched alkanes of at least 4 members (excludes halogenated alkanes) is 5. The highest BCUT2D eigenvalue weighted by atomic mass is 16.5. The van der Waals surface area contributed by atoms with E-state index in [1.807, 2.05) is 48.5 Å². The molecular weight excluding hydrogens is 484 g/mol. The number of hydrogen-bond acceptors (Lipinski definition) is 7. The fourth-order valence-corrected chi connectivity index (χ4v) is 4.37. The third-order valence-corrected chi connectivity index (χ3v) is 6.41. The van der Waals surface area contributed by atoms with E-state index >= 15 is 0 Å². The van der Waals surface area contributed by atoms with E-state index in [0.29, 0.717) is 30.1 Å². The summed E-state index contributed by atoms with van der Waals surface area (Å²) in [5.74, 6) is -0.0386. The summed E-state index contributed by atoms with van der Waals surface area (Å²) in [4.78, 5) is 31.6. The quantitative estimate of drug-likeness (QED) is 0.104. The number of hydrogen-bond donors (Lipinski definition) is 1. The topological polar surface area (TPSA) is 116 Å². The molecule has 1 N–H and O–H groups in total. The summed E-state index contributed by atoms with van der Waals surface area (Å²) in [5.41, 5.74) is 5.78. The molecule has 0 aliphatic rings. The molecule has 38 heavy (non-hydrogen) atoms. The van der Waals surface area contributed by atoms with E-state index in [1.165, 1.54) is 6.39 Å². The molecule has 0 spiro atoms. The van der Waals surface area contributed by atoms with Crippen LogP contribution < -0.4 is 4.74 Å². The molecule has 8 heteroatoms. The molecule has 2 aromatic heterocycles. The zero-order valence-electron chi connectivity index (χ0n) is 20.9. The minimum atomic E-state index is -0.748. The van der Waals surface area contributed by atoms with Crippen LogP contribution in [-0.4, -0.2) is 27.0 Å². The Morgan fingerprint density at radius 3 is 2.11 bits per heavy atom. The van der Waals surface area contributed by atoms with Crippen LogP contribution in [0, 0.1) is 0 Å². The van der Waals surface area contributed by atoms with Crippen molar-refractivity contribution >= 4 is 34.1 Å². The highest BCUT2D eigenvalue weighted by molar-refractivity contribution is 5.85. The summed E-state index contributed by atoms with van der Waals surface area (Å²) < 4.78 is 16.7. The third kappa shape index (κ3) is 6.26. The maximum atomic E-state index is 12.2. The maximum Gasteiger partial charge on any atom is 0.311 e. The first-order valence-electron chi connectivity index (χ1n) is 12.8. The minimum Gasteiger partial charge on any atom is -0.481 e. The van der Waals surface area contributed by atoms with Gasteiger partial charge in [-0.3, -0.25) is 9.59 Å². The predicted molar refractivity (Wildman–Crippen MR) is 143 cm³/mol. The van der Waals surface area contributed by atoms with Crippen molar-refractivity contribution < 1.29 is 28.3 Å². The largest absolute Gasteiger partial charge is 0.481 e. The molecule has 0 amide bonds. The van der Waals surface area contributed by atoms with E-state index in [9.17, 15) is 9.59 Å². The van der Waals surface area contributed by atoms with Crippen LogP contribution in [0.5, 0.6) is 5.75 Å². The van der Waals surface area contributed by atoms with Gasteiger partial charge in [0.05, 0.1) is 0 Å². The number of oxazole rings is 2. The number of rotatable bonds is 12. The molecule has 0 saturated carbocycles. The summed E-state index contributed by atoms with van der Waals surface area (Å²) in [6, 6.07) is 18.9. The number of carboxylic acid groups (broad SMARTS) is 1. The van der Waals surface area contributed by atoms with Gasteiger partial charge in [-0.2, -0.15) is 0 Å². The van der Waals surface area contributed by atoms with E-state index in [1.54, 1.807) is 12.1 Å². The second kappa shape index (κ2) is 11.7. The Hall–Kier alpha value is -4.46. The number of carbonyl (C=O) groups excluding carboxylic acids is 1. The molecule has 5 rings (SSSR count). The molecule has 0 aliphatic heterocycles. The summed E-state index contributed by atoms with van der Waals surface area (Å²) in [5, 5.41) is 8.64. The first-order chi connectivity index (χ1) is 18.5. The maximum absolute atomic E-state index is 12.2. The van der Waals surface area contributed by atoms with Gasteiger partial charge in [-0.05, 0) is 72.5 Å². The molecule has 0 saturated heterocycles. The van der Waals surface area contributed by atoms with Crippen LogP contribution in [0.4, 0.5) is 0 Å². The van der Waals surface area contributed by atoms with Gasteiger partial charge in [0.25, 0.3) is 0 Å².